The number of likely N-dealkylation sites (N-methyl/N-ethyl adjacent to an activating group) is 1. The molecule has 6 heteroatoms. The Morgan fingerprint density at radius 2 is 1.95 bits per heavy atom. The Labute approximate surface area is 131 Å². The Morgan fingerprint density at radius 1 is 1.27 bits per heavy atom. The van der Waals surface area contributed by atoms with Gasteiger partial charge in [0.05, 0.1) is 7.11 Å². The first-order valence-electron chi connectivity index (χ1n) is 7.37. The van der Waals surface area contributed by atoms with Crippen molar-refractivity contribution in [3.63, 3.8) is 0 Å². The van der Waals surface area contributed by atoms with Crippen molar-refractivity contribution in [3.05, 3.63) is 35.9 Å². The normalized spacial score (nSPS) is 11.6. The van der Waals surface area contributed by atoms with Crippen molar-refractivity contribution >= 4 is 12.0 Å². The van der Waals surface area contributed by atoms with Gasteiger partial charge in [-0.3, -0.25) is 9.63 Å². The van der Waals surface area contributed by atoms with Crippen molar-refractivity contribution in [3.8, 4) is 0 Å². The Bertz CT molecular complexity index is 464. The lowest BCUT2D eigenvalue weighted by molar-refractivity contribution is -0.171. The fraction of sp³-hybridized carbons (Fsp3) is 0.500. The van der Waals surface area contributed by atoms with E-state index in [0.29, 0.717) is 6.42 Å². The van der Waals surface area contributed by atoms with Gasteiger partial charge in [0.15, 0.2) is 0 Å². The molecule has 0 spiro atoms. The average Bonchev–Trinajstić information content (AvgIpc) is 2.56. The summed E-state index contributed by atoms with van der Waals surface area (Å²) in [4.78, 5) is 28.9. The number of nitrogens with one attached hydrogen (secondary N) is 1. The van der Waals surface area contributed by atoms with Gasteiger partial charge in [-0.05, 0) is 12.0 Å². The molecule has 0 unspecified atom stereocenters. The summed E-state index contributed by atoms with van der Waals surface area (Å²) in [7, 11) is 2.92. The van der Waals surface area contributed by atoms with Crippen LogP contribution in [-0.4, -0.2) is 37.3 Å². The van der Waals surface area contributed by atoms with Crippen LogP contribution in [0.5, 0.6) is 0 Å². The molecule has 1 aromatic rings. The molecule has 0 fully saturated rings. The number of alkyl carbamates (subject to hydrolysis) is 1. The van der Waals surface area contributed by atoms with Gasteiger partial charge in [0.2, 0.25) is 0 Å². The number of carbonyl (C=O) groups is 2. The number of carbonyl (C=O) groups excluding carboxylic acids is 2. The zero-order valence-electron chi connectivity index (χ0n) is 13.4. The maximum absolute atomic E-state index is 12.1. The lowest BCUT2D eigenvalue weighted by atomic mass is 10.1. The van der Waals surface area contributed by atoms with Gasteiger partial charge in [-0.25, -0.2) is 9.86 Å². The van der Waals surface area contributed by atoms with E-state index in [0.717, 1.165) is 23.5 Å². The molecule has 1 rings (SSSR count). The number of amides is 2. The molecule has 0 aliphatic carbocycles. The van der Waals surface area contributed by atoms with Crippen molar-refractivity contribution in [2.75, 3.05) is 14.2 Å². The standard InChI is InChI=1S/C16H24N2O4/c1-4-5-11-14(15(19)18(2)21-3)17-16(20)22-12-13-9-7-6-8-10-13/h6-10,14H,4-5,11-12H2,1-3H3,(H,17,20)/t14-/m0/s1. The molecule has 0 bridgehead atoms. The summed E-state index contributed by atoms with van der Waals surface area (Å²) in [5, 5.41) is 3.71. The van der Waals surface area contributed by atoms with Crippen LogP contribution in [0.25, 0.3) is 0 Å². The minimum atomic E-state index is -0.645. The largest absolute Gasteiger partial charge is 0.445 e. The molecule has 0 aliphatic rings. The predicted octanol–water partition coefficient (Wildman–Crippen LogP) is 2.49. The van der Waals surface area contributed by atoms with Crippen LogP contribution in [0, 0.1) is 0 Å². The summed E-state index contributed by atoms with van der Waals surface area (Å²) in [5.74, 6) is -0.299. The summed E-state index contributed by atoms with van der Waals surface area (Å²) in [6, 6.07) is 8.73. The van der Waals surface area contributed by atoms with Crippen molar-refractivity contribution in [1.82, 2.24) is 10.4 Å². The van der Waals surface area contributed by atoms with Gasteiger partial charge >= 0.3 is 6.09 Å². The summed E-state index contributed by atoms with van der Waals surface area (Å²) < 4.78 is 5.14. The highest BCUT2D eigenvalue weighted by Crippen LogP contribution is 2.06. The van der Waals surface area contributed by atoms with Crippen molar-refractivity contribution in [2.45, 2.75) is 38.8 Å². The fourth-order valence-electron chi connectivity index (χ4n) is 1.88. The van der Waals surface area contributed by atoms with Crippen LogP contribution in [0.15, 0.2) is 30.3 Å². The predicted molar refractivity (Wildman–Crippen MR) is 82.9 cm³/mol. The molecule has 122 valence electrons. The Morgan fingerprint density at radius 3 is 2.55 bits per heavy atom. The second-order valence-electron chi connectivity index (χ2n) is 4.92. The smallest absolute Gasteiger partial charge is 0.408 e. The third kappa shape index (κ3) is 6.13. The van der Waals surface area contributed by atoms with E-state index in [2.05, 4.69) is 5.32 Å². The minimum Gasteiger partial charge on any atom is -0.445 e. The van der Waals surface area contributed by atoms with Gasteiger partial charge in [0, 0.05) is 7.05 Å². The molecular weight excluding hydrogens is 284 g/mol. The molecule has 0 saturated carbocycles. The summed E-state index contributed by atoms with van der Waals surface area (Å²) in [6.07, 6.45) is 1.69. The molecule has 0 radical (unpaired) electrons. The van der Waals surface area contributed by atoms with E-state index < -0.39 is 12.1 Å². The van der Waals surface area contributed by atoms with E-state index in [9.17, 15) is 9.59 Å². The van der Waals surface area contributed by atoms with Gasteiger partial charge in [-0.2, -0.15) is 0 Å². The molecule has 22 heavy (non-hydrogen) atoms. The van der Waals surface area contributed by atoms with Crippen LogP contribution in [0.4, 0.5) is 4.79 Å². The molecule has 0 heterocycles. The topological polar surface area (TPSA) is 67.9 Å². The average molecular weight is 308 g/mol. The highest BCUT2D eigenvalue weighted by molar-refractivity contribution is 5.84. The number of unbranched alkanes of at least 4 members (excludes halogenated alkanes) is 1. The second-order valence-corrected chi connectivity index (χ2v) is 4.92. The lowest BCUT2D eigenvalue weighted by Crippen LogP contribution is -2.47. The van der Waals surface area contributed by atoms with Crippen LogP contribution in [0.3, 0.4) is 0 Å². The summed E-state index contributed by atoms with van der Waals surface area (Å²) in [6.45, 7) is 2.19. The summed E-state index contributed by atoms with van der Waals surface area (Å²) in [5.41, 5.74) is 0.892. The molecule has 1 N–H and O–H groups in total. The van der Waals surface area contributed by atoms with Gasteiger partial charge in [0.1, 0.15) is 12.6 Å². The molecule has 0 aliphatic heterocycles. The first-order valence-corrected chi connectivity index (χ1v) is 7.37. The lowest BCUT2D eigenvalue weighted by Gasteiger charge is -2.22. The van der Waals surface area contributed by atoms with Gasteiger partial charge < -0.3 is 10.1 Å². The minimum absolute atomic E-state index is 0.168. The SMILES string of the molecule is CCCC[C@H](NC(=O)OCc1ccccc1)C(=O)N(C)OC. The molecular formula is C16H24N2O4. The van der Waals surface area contributed by atoms with Crippen LogP contribution < -0.4 is 5.32 Å². The third-order valence-electron chi connectivity index (χ3n) is 3.23. The van der Waals surface area contributed by atoms with E-state index in [1.54, 1.807) is 0 Å². The Kier molecular flexibility index (Phi) is 7.99. The van der Waals surface area contributed by atoms with Gasteiger partial charge in [-0.15, -0.1) is 0 Å². The van der Waals surface area contributed by atoms with Crippen molar-refractivity contribution in [1.29, 1.82) is 0 Å². The maximum atomic E-state index is 12.1. The van der Waals surface area contributed by atoms with E-state index in [1.165, 1.54) is 14.2 Å². The quantitative estimate of drug-likeness (QED) is 0.749. The molecule has 6 nitrogen and oxygen atoms in total. The van der Waals surface area contributed by atoms with E-state index in [1.807, 2.05) is 37.3 Å². The monoisotopic (exact) mass is 308 g/mol. The molecule has 0 aromatic heterocycles. The van der Waals surface area contributed by atoms with Gasteiger partial charge in [-0.1, -0.05) is 50.1 Å². The number of rotatable bonds is 8. The van der Waals surface area contributed by atoms with E-state index >= 15 is 0 Å². The van der Waals surface area contributed by atoms with E-state index in [4.69, 9.17) is 9.57 Å². The highest BCUT2D eigenvalue weighted by Gasteiger charge is 2.24. The first kappa shape index (κ1) is 18.0. The van der Waals surface area contributed by atoms with Crippen LogP contribution in [-0.2, 0) is 21.0 Å². The fourth-order valence-corrected chi connectivity index (χ4v) is 1.88. The Hall–Kier alpha value is -2.08. The second kappa shape index (κ2) is 9.78. The number of nitrogens with zero attached hydrogens (tertiary/aromatic N) is 1. The maximum Gasteiger partial charge on any atom is 0.408 e. The van der Waals surface area contributed by atoms with Crippen molar-refractivity contribution in [2.24, 2.45) is 0 Å². The molecule has 1 atom stereocenters. The number of hydrogen-bond acceptors (Lipinski definition) is 4. The highest BCUT2D eigenvalue weighted by atomic mass is 16.7. The Balaban J connectivity index is 2.52. The van der Waals surface area contributed by atoms with Crippen LogP contribution >= 0.6 is 0 Å². The molecule has 0 saturated heterocycles. The van der Waals surface area contributed by atoms with Crippen molar-refractivity contribution < 1.29 is 19.2 Å². The number of benzene rings is 1. The van der Waals surface area contributed by atoms with Gasteiger partial charge in [0.25, 0.3) is 5.91 Å². The number of hydrogen-bond donors (Lipinski definition) is 1. The third-order valence-corrected chi connectivity index (χ3v) is 3.23. The zero-order chi connectivity index (χ0) is 16.4. The van der Waals surface area contributed by atoms with Crippen LogP contribution in [0.2, 0.25) is 0 Å². The van der Waals surface area contributed by atoms with E-state index in [-0.39, 0.29) is 12.5 Å². The summed E-state index contributed by atoms with van der Waals surface area (Å²) >= 11 is 0. The number of ether oxygens (including phenoxy) is 1. The number of hydroxylamine groups is 2. The first-order chi connectivity index (χ1) is 10.6. The molecule has 1 aromatic carbocycles. The van der Waals surface area contributed by atoms with Crippen LogP contribution in [0.1, 0.15) is 31.7 Å². The zero-order valence-corrected chi connectivity index (χ0v) is 13.4. The molecule has 2 amide bonds.